The second-order valence-electron chi connectivity index (χ2n) is 2.56. The highest BCUT2D eigenvalue weighted by molar-refractivity contribution is 5.69. The summed E-state index contributed by atoms with van der Waals surface area (Å²) in [5.74, 6) is 1.74. The van der Waals surface area contributed by atoms with Gasteiger partial charge in [-0.2, -0.15) is 0 Å². The number of nitrogens with two attached hydrogens (primary N) is 2. The van der Waals surface area contributed by atoms with Crippen LogP contribution in [0.15, 0.2) is 12.1 Å². The van der Waals surface area contributed by atoms with E-state index in [-0.39, 0.29) is 5.75 Å². The van der Waals surface area contributed by atoms with Gasteiger partial charge in [-0.25, -0.2) is 4.79 Å². The molecule has 0 saturated heterocycles. The van der Waals surface area contributed by atoms with Crippen molar-refractivity contribution >= 4 is 12.8 Å². The molecule has 0 radical (unpaired) electrons. The number of ether oxygens (including phenoxy) is 1. The zero-order chi connectivity index (χ0) is 12.0. The Morgan fingerprint density at radius 1 is 1.40 bits per heavy atom. The van der Waals surface area contributed by atoms with E-state index in [2.05, 4.69) is 11.5 Å². The molecule has 6 heteroatoms. The third-order valence-corrected chi connectivity index (χ3v) is 1.47. The average molecular weight is 212 g/mol. The Bertz CT molecular complexity index is 358. The van der Waals surface area contributed by atoms with Crippen LogP contribution >= 0.6 is 0 Å². The van der Waals surface area contributed by atoms with Crippen molar-refractivity contribution in [3.05, 3.63) is 17.7 Å². The number of aryl methyl sites for hydroxylation is 1. The summed E-state index contributed by atoms with van der Waals surface area (Å²) >= 11 is 0. The number of carbonyl (C=O) groups is 2. The predicted octanol–water partition coefficient (Wildman–Crippen LogP) is 0.645. The molecule has 1 aromatic carbocycles. The lowest BCUT2D eigenvalue weighted by Crippen LogP contribution is -2.18. The minimum absolute atomic E-state index is 0.285. The van der Waals surface area contributed by atoms with Gasteiger partial charge in [0.15, 0.2) is 11.5 Å². The van der Waals surface area contributed by atoms with Crippen molar-refractivity contribution in [3.8, 4) is 17.2 Å². The number of hydrogen-bond acceptors (Lipinski definition) is 4. The number of rotatable bonds is 0. The quantitative estimate of drug-likeness (QED) is 0.555. The maximum Gasteiger partial charge on any atom is 0.309 e. The van der Waals surface area contributed by atoms with Gasteiger partial charge in [-0.3, -0.25) is 0 Å². The van der Waals surface area contributed by atoms with Gasteiger partial charge >= 0.3 is 6.03 Å². The van der Waals surface area contributed by atoms with Crippen molar-refractivity contribution in [3.63, 3.8) is 0 Å². The molecule has 1 aromatic rings. The number of hydrogen-bond donors (Lipinski definition) is 3. The highest BCUT2D eigenvalue weighted by Crippen LogP contribution is 2.52. The SMILES string of the molecule is C=O.Cc1ccc2c(c1O)O2.NC(N)=O. The van der Waals surface area contributed by atoms with Gasteiger partial charge in [0, 0.05) is 0 Å². The van der Waals surface area contributed by atoms with Crippen LogP contribution in [0.5, 0.6) is 17.2 Å². The Hall–Kier alpha value is -2.24. The first-order chi connectivity index (χ1) is 7.02. The van der Waals surface area contributed by atoms with Crippen molar-refractivity contribution < 1.29 is 19.4 Å². The number of phenols is 1. The first-order valence-electron chi connectivity index (χ1n) is 3.86. The fraction of sp³-hybridized carbons (Fsp3) is 0.111. The number of urea groups is 1. The minimum atomic E-state index is -0.833. The summed E-state index contributed by atoms with van der Waals surface area (Å²) in [6.07, 6.45) is 0. The van der Waals surface area contributed by atoms with Gasteiger partial charge in [-0.15, -0.1) is 0 Å². The molecule has 5 N–H and O–H groups in total. The van der Waals surface area contributed by atoms with Crippen LogP contribution in [-0.4, -0.2) is 17.9 Å². The number of amides is 2. The van der Waals surface area contributed by atoms with Gasteiger partial charge in [-0.05, 0) is 18.6 Å². The van der Waals surface area contributed by atoms with Gasteiger partial charge in [0.25, 0.3) is 0 Å². The molecule has 0 aliphatic carbocycles. The maximum absolute atomic E-state index is 9.13. The monoisotopic (exact) mass is 212 g/mol. The molecule has 1 aliphatic rings. The van der Waals surface area contributed by atoms with Crippen LogP contribution in [-0.2, 0) is 4.79 Å². The van der Waals surface area contributed by atoms with Crippen LogP contribution in [0.4, 0.5) is 4.79 Å². The summed E-state index contributed by atoms with van der Waals surface area (Å²) in [4.78, 5) is 17.0. The van der Waals surface area contributed by atoms with Gasteiger partial charge in [0.1, 0.15) is 6.79 Å². The molecular formula is C9H12N2O4. The number of phenolic OH excluding ortho intramolecular Hbond substituents is 1. The Balaban J connectivity index is 0.000000282. The third kappa shape index (κ3) is 3.99. The zero-order valence-corrected chi connectivity index (χ0v) is 8.19. The molecule has 0 unspecified atom stereocenters. The highest BCUT2D eigenvalue weighted by Gasteiger charge is 2.25. The minimum Gasteiger partial charge on any atom is -0.504 e. The summed E-state index contributed by atoms with van der Waals surface area (Å²) in [7, 11) is 0. The maximum atomic E-state index is 9.13. The normalized spacial score (nSPS) is 9.13. The van der Waals surface area contributed by atoms with Crippen molar-refractivity contribution in [2.24, 2.45) is 11.5 Å². The summed E-state index contributed by atoms with van der Waals surface area (Å²) < 4.78 is 4.90. The Kier molecular flexibility index (Phi) is 4.66. The second kappa shape index (κ2) is 5.48. The molecule has 0 saturated carbocycles. The molecule has 0 aromatic heterocycles. The molecule has 0 spiro atoms. The molecule has 1 aliphatic heterocycles. The van der Waals surface area contributed by atoms with Crippen LogP contribution < -0.4 is 16.2 Å². The van der Waals surface area contributed by atoms with E-state index in [1.54, 1.807) is 0 Å². The van der Waals surface area contributed by atoms with Crippen LogP contribution in [0.2, 0.25) is 0 Å². The average Bonchev–Trinajstić information content (AvgIpc) is 2.94. The first kappa shape index (κ1) is 12.8. The van der Waals surface area contributed by atoms with Crippen molar-refractivity contribution in [2.45, 2.75) is 6.92 Å². The van der Waals surface area contributed by atoms with E-state index in [1.165, 1.54) is 0 Å². The molecule has 82 valence electrons. The number of aromatic hydroxyl groups is 1. The van der Waals surface area contributed by atoms with Crippen LogP contribution in [0.25, 0.3) is 0 Å². The second-order valence-corrected chi connectivity index (χ2v) is 2.56. The highest BCUT2D eigenvalue weighted by atomic mass is 16.6. The number of primary amides is 2. The molecule has 0 bridgehead atoms. The molecule has 15 heavy (non-hydrogen) atoms. The van der Waals surface area contributed by atoms with Gasteiger partial charge in [-0.1, -0.05) is 6.07 Å². The summed E-state index contributed by atoms with van der Waals surface area (Å²) in [5.41, 5.74) is 9.37. The Morgan fingerprint density at radius 2 is 1.87 bits per heavy atom. The molecule has 1 heterocycles. The van der Waals surface area contributed by atoms with Gasteiger partial charge in [0.2, 0.25) is 5.75 Å². The van der Waals surface area contributed by atoms with E-state index in [0.29, 0.717) is 5.75 Å². The van der Waals surface area contributed by atoms with Crippen LogP contribution in [0.3, 0.4) is 0 Å². The van der Waals surface area contributed by atoms with E-state index in [4.69, 9.17) is 19.4 Å². The van der Waals surface area contributed by atoms with Crippen LogP contribution in [0, 0.1) is 6.92 Å². The molecule has 6 nitrogen and oxygen atoms in total. The molecule has 0 atom stereocenters. The standard InChI is InChI=1S/C7H6O2.CH4N2O.CH2O/c1-4-2-3-5-7(9-5)6(4)8;2-1(3)4;1-2/h2-3,8H,1H3;(H4,2,3,4);1H2. The van der Waals surface area contributed by atoms with E-state index in [0.717, 1.165) is 11.3 Å². The first-order valence-corrected chi connectivity index (χ1v) is 3.86. The fourth-order valence-electron chi connectivity index (χ4n) is 0.818. The number of fused-ring (bicyclic) bond motifs is 1. The van der Waals surface area contributed by atoms with E-state index in [9.17, 15) is 0 Å². The molecule has 2 amide bonds. The van der Waals surface area contributed by atoms with Crippen molar-refractivity contribution in [1.82, 2.24) is 0 Å². The van der Waals surface area contributed by atoms with E-state index in [1.807, 2.05) is 25.8 Å². The molecule has 2 rings (SSSR count). The lowest BCUT2D eigenvalue weighted by molar-refractivity contribution is -0.0979. The van der Waals surface area contributed by atoms with Gasteiger partial charge < -0.3 is 26.1 Å². The lowest BCUT2D eigenvalue weighted by Gasteiger charge is -1.88. The number of carbonyl (C=O) groups excluding carboxylic acids is 2. The van der Waals surface area contributed by atoms with Crippen molar-refractivity contribution in [2.75, 3.05) is 0 Å². The Labute approximate surface area is 86.4 Å². The lowest BCUT2D eigenvalue weighted by atomic mass is 10.2. The number of benzene rings is 1. The van der Waals surface area contributed by atoms with E-state index >= 15 is 0 Å². The largest absolute Gasteiger partial charge is 0.504 e. The summed E-state index contributed by atoms with van der Waals surface area (Å²) in [6, 6.07) is 2.85. The molecule has 0 fully saturated rings. The van der Waals surface area contributed by atoms with E-state index < -0.39 is 6.03 Å². The fourth-order valence-corrected chi connectivity index (χ4v) is 0.818. The summed E-state index contributed by atoms with van der Waals surface area (Å²) in [6.45, 7) is 3.84. The topological polar surface area (TPSA) is 119 Å². The van der Waals surface area contributed by atoms with Crippen molar-refractivity contribution in [1.29, 1.82) is 0 Å². The Morgan fingerprint density at radius 3 is 2.27 bits per heavy atom. The summed E-state index contributed by atoms with van der Waals surface area (Å²) in [5, 5.41) is 9.13. The van der Waals surface area contributed by atoms with Crippen LogP contribution in [0.1, 0.15) is 5.56 Å². The third-order valence-electron chi connectivity index (χ3n) is 1.47. The molecular weight excluding hydrogens is 200 g/mol. The zero-order valence-electron chi connectivity index (χ0n) is 8.19. The predicted molar refractivity (Wildman–Crippen MR) is 53.8 cm³/mol. The smallest absolute Gasteiger partial charge is 0.309 e. The van der Waals surface area contributed by atoms with Gasteiger partial charge in [0.05, 0.1) is 0 Å².